The van der Waals surface area contributed by atoms with Crippen molar-refractivity contribution in [3.8, 4) is 0 Å². The minimum absolute atomic E-state index is 0.0726. The molecule has 1 saturated heterocycles. The average molecular weight is 291 g/mol. The summed E-state index contributed by atoms with van der Waals surface area (Å²) in [6, 6.07) is -0.0157. The summed E-state index contributed by atoms with van der Waals surface area (Å²) >= 11 is 0. The molecule has 114 valence electrons. The zero-order valence-electron chi connectivity index (χ0n) is 12.9. The molecule has 1 aliphatic rings. The van der Waals surface area contributed by atoms with E-state index < -0.39 is 10.2 Å². The Kier molecular flexibility index (Phi) is 5.79. The molecular weight excluding hydrogens is 262 g/mol. The van der Waals surface area contributed by atoms with Crippen LogP contribution in [0.3, 0.4) is 0 Å². The Bertz CT molecular complexity index is 374. The molecule has 1 rings (SSSR count). The quantitative estimate of drug-likeness (QED) is 0.803. The minimum Gasteiger partial charge on any atom is -0.318 e. The summed E-state index contributed by atoms with van der Waals surface area (Å²) in [5, 5.41) is 3.09. The van der Waals surface area contributed by atoms with Crippen LogP contribution in [0.15, 0.2) is 0 Å². The van der Waals surface area contributed by atoms with Gasteiger partial charge in [-0.25, -0.2) is 0 Å². The third kappa shape index (κ3) is 4.70. The standard InChI is InChI=1S/C13H29N3O2S/c1-11(13(2,3)4)15-19(17,18)16-9-7-6-8-12(16)10-14-5/h11-12,14-15H,6-10H2,1-5H3. The molecule has 5 nitrogen and oxygen atoms in total. The van der Waals surface area contributed by atoms with Gasteiger partial charge in [-0.2, -0.15) is 17.4 Å². The highest BCUT2D eigenvalue weighted by Crippen LogP contribution is 2.23. The normalized spacial score (nSPS) is 24.4. The van der Waals surface area contributed by atoms with Gasteiger partial charge >= 0.3 is 0 Å². The SMILES string of the molecule is CNCC1CCCCN1S(=O)(=O)NC(C)C(C)(C)C. The van der Waals surface area contributed by atoms with E-state index >= 15 is 0 Å². The van der Waals surface area contributed by atoms with Crippen molar-refractivity contribution in [1.29, 1.82) is 0 Å². The van der Waals surface area contributed by atoms with Crippen LogP contribution in [0.5, 0.6) is 0 Å². The Morgan fingerprint density at radius 1 is 1.32 bits per heavy atom. The Morgan fingerprint density at radius 2 is 1.95 bits per heavy atom. The largest absolute Gasteiger partial charge is 0.318 e. The van der Waals surface area contributed by atoms with Crippen molar-refractivity contribution < 1.29 is 8.42 Å². The number of piperidine rings is 1. The molecule has 0 saturated carbocycles. The lowest BCUT2D eigenvalue weighted by atomic mass is 9.89. The fourth-order valence-corrected chi connectivity index (χ4v) is 4.08. The summed E-state index contributed by atoms with van der Waals surface area (Å²) in [4.78, 5) is 0. The van der Waals surface area contributed by atoms with Crippen LogP contribution in [-0.4, -0.2) is 44.9 Å². The Morgan fingerprint density at radius 3 is 2.47 bits per heavy atom. The molecular formula is C13H29N3O2S. The van der Waals surface area contributed by atoms with Gasteiger partial charge < -0.3 is 5.32 Å². The Hall–Kier alpha value is -0.170. The van der Waals surface area contributed by atoms with Crippen molar-refractivity contribution in [2.75, 3.05) is 20.1 Å². The summed E-state index contributed by atoms with van der Waals surface area (Å²) in [7, 11) is -1.53. The smallest absolute Gasteiger partial charge is 0.280 e. The first kappa shape index (κ1) is 16.9. The average Bonchev–Trinajstić information content (AvgIpc) is 2.28. The first-order valence-corrected chi connectivity index (χ1v) is 8.56. The van der Waals surface area contributed by atoms with Gasteiger partial charge in [0.15, 0.2) is 0 Å². The summed E-state index contributed by atoms with van der Waals surface area (Å²) in [6.07, 6.45) is 2.99. The molecule has 0 amide bonds. The predicted octanol–water partition coefficient (Wildman–Crippen LogP) is 1.33. The van der Waals surface area contributed by atoms with E-state index in [2.05, 4.69) is 10.0 Å². The summed E-state index contributed by atoms with van der Waals surface area (Å²) in [5.74, 6) is 0. The zero-order valence-corrected chi connectivity index (χ0v) is 13.7. The molecule has 2 atom stereocenters. The van der Waals surface area contributed by atoms with Gasteiger partial charge in [-0.1, -0.05) is 27.2 Å². The fourth-order valence-electron chi connectivity index (χ4n) is 2.20. The molecule has 0 aromatic heterocycles. The van der Waals surface area contributed by atoms with Crippen molar-refractivity contribution in [3.05, 3.63) is 0 Å². The van der Waals surface area contributed by atoms with E-state index in [1.165, 1.54) is 0 Å². The maximum absolute atomic E-state index is 12.5. The third-order valence-corrected chi connectivity index (χ3v) is 5.70. The highest BCUT2D eigenvalue weighted by atomic mass is 32.2. The van der Waals surface area contributed by atoms with E-state index in [1.807, 2.05) is 34.7 Å². The van der Waals surface area contributed by atoms with E-state index in [9.17, 15) is 8.42 Å². The molecule has 6 heteroatoms. The highest BCUT2D eigenvalue weighted by Gasteiger charge is 2.34. The summed E-state index contributed by atoms with van der Waals surface area (Å²) < 4.78 is 29.5. The van der Waals surface area contributed by atoms with Crippen molar-refractivity contribution in [2.45, 2.75) is 59.0 Å². The molecule has 0 radical (unpaired) electrons. The molecule has 0 aromatic carbocycles. The van der Waals surface area contributed by atoms with Crippen LogP contribution in [0.4, 0.5) is 0 Å². The monoisotopic (exact) mass is 291 g/mol. The maximum atomic E-state index is 12.5. The van der Waals surface area contributed by atoms with Crippen LogP contribution < -0.4 is 10.0 Å². The van der Waals surface area contributed by atoms with Gasteiger partial charge in [-0.05, 0) is 32.2 Å². The minimum atomic E-state index is -3.39. The van der Waals surface area contributed by atoms with E-state index in [0.29, 0.717) is 13.1 Å². The molecule has 1 aliphatic heterocycles. The third-order valence-electron chi connectivity index (χ3n) is 3.95. The molecule has 0 aliphatic carbocycles. The van der Waals surface area contributed by atoms with Crippen molar-refractivity contribution in [1.82, 2.24) is 14.3 Å². The van der Waals surface area contributed by atoms with Gasteiger partial charge in [0.1, 0.15) is 0 Å². The zero-order chi connectivity index (χ0) is 14.7. The van der Waals surface area contributed by atoms with Crippen molar-refractivity contribution in [2.24, 2.45) is 5.41 Å². The molecule has 2 unspecified atom stereocenters. The molecule has 0 bridgehead atoms. The van der Waals surface area contributed by atoms with E-state index in [0.717, 1.165) is 19.3 Å². The van der Waals surface area contributed by atoms with Gasteiger partial charge in [-0.15, -0.1) is 0 Å². The van der Waals surface area contributed by atoms with Crippen molar-refractivity contribution in [3.63, 3.8) is 0 Å². The second-order valence-electron chi connectivity index (χ2n) is 6.53. The van der Waals surface area contributed by atoms with Gasteiger partial charge in [-0.3, -0.25) is 0 Å². The van der Waals surface area contributed by atoms with Gasteiger partial charge in [0.25, 0.3) is 10.2 Å². The van der Waals surface area contributed by atoms with Crippen LogP contribution in [0.25, 0.3) is 0 Å². The fraction of sp³-hybridized carbons (Fsp3) is 1.00. The topological polar surface area (TPSA) is 61.4 Å². The van der Waals surface area contributed by atoms with E-state index in [1.54, 1.807) is 4.31 Å². The molecule has 2 N–H and O–H groups in total. The first-order chi connectivity index (χ1) is 8.68. The number of hydrogen-bond donors (Lipinski definition) is 2. The lowest BCUT2D eigenvalue weighted by Gasteiger charge is -2.37. The van der Waals surface area contributed by atoms with Crippen LogP contribution in [0.1, 0.15) is 47.0 Å². The molecule has 19 heavy (non-hydrogen) atoms. The van der Waals surface area contributed by atoms with E-state index in [4.69, 9.17) is 0 Å². The lowest BCUT2D eigenvalue weighted by Crippen LogP contribution is -2.55. The summed E-state index contributed by atoms with van der Waals surface area (Å²) in [5.41, 5.74) is -0.0820. The summed E-state index contributed by atoms with van der Waals surface area (Å²) in [6.45, 7) is 9.39. The van der Waals surface area contributed by atoms with Gasteiger partial charge in [0.2, 0.25) is 0 Å². The molecule has 1 fully saturated rings. The Labute approximate surface area is 118 Å². The molecule has 0 spiro atoms. The van der Waals surface area contributed by atoms with Crippen LogP contribution in [-0.2, 0) is 10.2 Å². The second-order valence-corrected chi connectivity index (χ2v) is 8.18. The van der Waals surface area contributed by atoms with E-state index in [-0.39, 0.29) is 17.5 Å². The van der Waals surface area contributed by atoms with Crippen LogP contribution in [0, 0.1) is 5.41 Å². The van der Waals surface area contributed by atoms with Crippen LogP contribution in [0.2, 0.25) is 0 Å². The lowest BCUT2D eigenvalue weighted by molar-refractivity contribution is 0.237. The molecule has 1 heterocycles. The van der Waals surface area contributed by atoms with Gasteiger partial charge in [0.05, 0.1) is 0 Å². The first-order valence-electron chi connectivity index (χ1n) is 7.12. The number of rotatable bonds is 5. The maximum Gasteiger partial charge on any atom is 0.280 e. The number of hydrogen-bond acceptors (Lipinski definition) is 3. The number of nitrogens with zero attached hydrogens (tertiary/aromatic N) is 1. The van der Waals surface area contributed by atoms with Crippen molar-refractivity contribution >= 4 is 10.2 Å². The second kappa shape index (κ2) is 6.52. The predicted molar refractivity (Wildman–Crippen MR) is 79.2 cm³/mol. The van der Waals surface area contributed by atoms with Gasteiger partial charge in [0, 0.05) is 25.2 Å². The number of nitrogens with one attached hydrogen (secondary N) is 2. The van der Waals surface area contributed by atoms with Crippen LogP contribution >= 0.6 is 0 Å². The Balaban J connectivity index is 2.79. The molecule has 0 aromatic rings. The highest BCUT2D eigenvalue weighted by molar-refractivity contribution is 7.87. The number of likely N-dealkylation sites (N-methyl/N-ethyl adjacent to an activating group) is 1.